The molecule has 1 saturated heterocycles. The molecule has 5 heteroatoms. The van der Waals surface area contributed by atoms with E-state index in [-0.39, 0.29) is 11.9 Å². The van der Waals surface area contributed by atoms with E-state index in [2.05, 4.69) is 6.58 Å². The number of hydrogen-bond acceptors (Lipinski definition) is 4. The van der Waals surface area contributed by atoms with Gasteiger partial charge in [0.05, 0.1) is 20.3 Å². The summed E-state index contributed by atoms with van der Waals surface area (Å²) in [6.45, 7) is 4.76. The Morgan fingerprint density at radius 3 is 2.78 bits per heavy atom. The molecule has 2 aromatic carbocycles. The summed E-state index contributed by atoms with van der Waals surface area (Å²) in [6, 6.07) is 13.3. The van der Waals surface area contributed by atoms with Gasteiger partial charge in [-0.3, -0.25) is 4.79 Å². The largest absolute Gasteiger partial charge is 0.497 e. The van der Waals surface area contributed by atoms with E-state index in [4.69, 9.17) is 14.2 Å². The van der Waals surface area contributed by atoms with E-state index in [9.17, 15) is 4.79 Å². The number of methoxy groups -OCH3 is 2. The molecule has 0 spiro atoms. The Labute approximate surface area is 160 Å². The lowest BCUT2D eigenvalue weighted by atomic mass is 10.0. The van der Waals surface area contributed by atoms with Crippen molar-refractivity contribution in [2.24, 2.45) is 0 Å². The van der Waals surface area contributed by atoms with Crippen LogP contribution in [0.1, 0.15) is 34.8 Å². The third-order valence-electron chi connectivity index (χ3n) is 4.76. The number of hydrogen-bond donors (Lipinski definition) is 0. The fourth-order valence-corrected chi connectivity index (χ4v) is 3.44. The fourth-order valence-electron chi connectivity index (χ4n) is 3.44. The first-order chi connectivity index (χ1) is 13.2. The Morgan fingerprint density at radius 2 is 2.04 bits per heavy atom. The monoisotopic (exact) mass is 367 g/mol. The summed E-state index contributed by atoms with van der Waals surface area (Å²) in [6.07, 6.45) is 3.59. The van der Waals surface area contributed by atoms with Crippen LogP contribution >= 0.6 is 0 Å². The maximum Gasteiger partial charge on any atom is 0.254 e. The SMILES string of the molecule is C=CCOc1ccc(C(=O)N2CCCC2c2cccc(OC)c2)cc1OC. The van der Waals surface area contributed by atoms with E-state index in [0.29, 0.717) is 23.7 Å². The molecule has 0 radical (unpaired) electrons. The van der Waals surface area contributed by atoms with E-state index < -0.39 is 0 Å². The fraction of sp³-hybridized carbons (Fsp3) is 0.318. The van der Waals surface area contributed by atoms with Crippen LogP contribution in [0.4, 0.5) is 0 Å². The molecule has 1 atom stereocenters. The summed E-state index contributed by atoms with van der Waals surface area (Å²) in [5.74, 6) is 1.94. The smallest absolute Gasteiger partial charge is 0.254 e. The predicted molar refractivity (Wildman–Crippen MR) is 105 cm³/mol. The zero-order valence-electron chi connectivity index (χ0n) is 15.8. The molecule has 0 N–H and O–H groups in total. The molecule has 2 aromatic rings. The van der Waals surface area contributed by atoms with Gasteiger partial charge in [-0.15, -0.1) is 0 Å². The first kappa shape index (κ1) is 18.8. The third-order valence-corrected chi connectivity index (χ3v) is 4.76. The number of carbonyl (C=O) groups excluding carboxylic acids is 1. The molecule has 0 aromatic heterocycles. The summed E-state index contributed by atoms with van der Waals surface area (Å²) < 4.78 is 16.3. The first-order valence-electron chi connectivity index (χ1n) is 9.04. The molecule has 3 rings (SSSR count). The molecular weight excluding hydrogens is 342 g/mol. The van der Waals surface area contributed by atoms with Crippen LogP contribution < -0.4 is 14.2 Å². The van der Waals surface area contributed by atoms with Crippen LogP contribution in [-0.4, -0.2) is 38.2 Å². The van der Waals surface area contributed by atoms with Gasteiger partial charge in [-0.25, -0.2) is 0 Å². The Morgan fingerprint density at radius 1 is 1.19 bits per heavy atom. The van der Waals surface area contributed by atoms with Crippen molar-refractivity contribution in [2.45, 2.75) is 18.9 Å². The molecule has 0 bridgehead atoms. The van der Waals surface area contributed by atoms with Crippen LogP contribution in [0.3, 0.4) is 0 Å². The van der Waals surface area contributed by atoms with Crippen LogP contribution in [-0.2, 0) is 0 Å². The highest BCUT2D eigenvalue weighted by atomic mass is 16.5. The molecule has 142 valence electrons. The van der Waals surface area contributed by atoms with Crippen LogP contribution in [0.5, 0.6) is 17.2 Å². The zero-order valence-corrected chi connectivity index (χ0v) is 15.8. The van der Waals surface area contributed by atoms with Crippen molar-refractivity contribution in [1.82, 2.24) is 4.90 Å². The molecule has 0 aliphatic carbocycles. The minimum atomic E-state index is -0.00566. The van der Waals surface area contributed by atoms with Gasteiger partial charge in [0, 0.05) is 12.1 Å². The van der Waals surface area contributed by atoms with Gasteiger partial charge in [0.15, 0.2) is 11.5 Å². The lowest BCUT2D eigenvalue weighted by Gasteiger charge is -2.26. The van der Waals surface area contributed by atoms with Crippen LogP contribution in [0.15, 0.2) is 55.1 Å². The second-order valence-electron chi connectivity index (χ2n) is 6.40. The van der Waals surface area contributed by atoms with E-state index in [0.717, 1.165) is 30.7 Å². The van der Waals surface area contributed by atoms with Gasteiger partial charge in [-0.2, -0.15) is 0 Å². The van der Waals surface area contributed by atoms with Crippen LogP contribution in [0.2, 0.25) is 0 Å². The van der Waals surface area contributed by atoms with Gasteiger partial charge in [0.1, 0.15) is 12.4 Å². The number of amides is 1. The van der Waals surface area contributed by atoms with E-state index >= 15 is 0 Å². The molecule has 0 saturated carbocycles. The lowest BCUT2D eigenvalue weighted by Crippen LogP contribution is -2.30. The number of rotatable bonds is 7. The second kappa shape index (κ2) is 8.62. The average Bonchev–Trinajstić information content (AvgIpc) is 3.21. The summed E-state index contributed by atoms with van der Waals surface area (Å²) in [5, 5.41) is 0. The highest BCUT2D eigenvalue weighted by Gasteiger charge is 2.31. The number of benzene rings is 2. The molecule has 1 aliphatic heterocycles. The maximum absolute atomic E-state index is 13.2. The zero-order chi connectivity index (χ0) is 19.2. The van der Waals surface area contributed by atoms with E-state index in [1.807, 2.05) is 29.2 Å². The molecule has 1 aliphatic rings. The van der Waals surface area contributed by atoms with Gasteiger partial charge in [-0.1, -0.05) is 24.8 Å². The Kier molecular flexibility index (Phi) is 6.01. The van der Waals surface area contributed by atoms with Gasteiger partial charge < -0.3 is 19.1 Å². The third kappa shape index (κ3) is 4.08. The predicted octanol–water partition coefficient (Wildman–Crippen LogP) is 4.25. The van der Waals surface area contributed by atoms with Crippen molar-refractivity contribution >= 4 is 5.91 Å². The van der Waals surface area contributed by atoms with E-state index in [1.165, 1.54) is 0 Å². The van der Waals surface area contributed by atoms with Gasteiger partial charge in [-0.05, 0) is 48.7 Å². The summed E-state index contributed by atoms with van der Waals surface area (Å²) >= 11 is 0. The van der Waals surface area contributed by atoms with Crippen LogP contribution in [0.25, 0.3) is 0 Å². The average molecular weight is 367 g/mol. The normalized spacial score (nSPS) is 16.1. The minimum absolute atomic E-state index is 0.00566. The van der Waals surface area contributed by atoms with Crippen molar-refractivity contribution < 1.29 is 19.0 Å². The van der Waals surface area contributed by atoms with Crippen LogP contribution in [0, 0.1) is 0 Å². The standard InChI is InChI=1S/C22H25NO4/c1-4-13-27-20-11-10-17(15-21(20)26-3)22(24)23-12-6-9-19(23)16-7-5-8-18(14-16)25-2/h4-5,7-8,10-11,14-15,19H,1,6,9,12-13H2,2-3H3. The topological polar surface area (TPSA) is 48.0 Å². The van der Waals surface area contributed by atoms with Crippen molar-refractivity contribution in [3.05, 3.63) is 66.2 Å². The highest BCUT2D eigenvalue weighted by molar-refractivity contribution is 5.95. The molecule has 1 unspecified atom stereocenters. The highest BCUT2D eigenvalue weighted by Crippen LogP contribution is 2.36. The van der Waals surface area contributed by atoms with Crippen molar-refractivity contribution in [1.29, 1.82) is 0 Å². The number of nitrogens with zero attached hydrogens (tertiary/aromatic N) is 1. The summed E-state index contributed by atoms with van der Waals surface area (Å²) in [7, 11) is 3.22. The molecular formula is C22H25NO4. The number of likely N-dealkylation sites (tertiary alicyclic amines) is 1. The summed E-state index contributed by atoms with van der Waals surface area (Å²) in [4.78, 5) is 15.1. The lowest BCUT2D eigenvalue weighted by molar-refractivity contribution is 0.0735. The Hall–Kier alpha value is -2.95. The van der Waals surface area contributed by atoms with Gasteiger partial charge in [0.2, 0.25) is 0 Å². The van der Waals surface area contributed by atoms with Gasteiger partial charge in [0.25, 0.3) is 5.91 Å². The number of ether oxygens (including phenoxy) is 3. The molecule has 5 nitrogen and oxygen atoms in total. The maximum atomic E-state index is 13.2. The molecule has 1 fully saturated rings. The quantitative estimate of drug-likeness (QED) is 0.687. The van der Waals surface area contributed by atoms with Crippen molar-refractivity contribution in [2.75, 3.05) is 27.4 Å². The molecule has 1 amide bonds. The molecule has 27 heavy (non-hydrogen) atoms. The number of carbonyl (C=O) groups is 1. The van der Waals surface area contributed by atoms with E-state index in [1.54, 1.807) is 38.5 Å². The minimum Gasteiger partial charge on any atom is -0.497 e. The Bertz CT molecular complexity index is 818. The Balaban J connectivity index is 1.84. The summed E-state index contributed by atoms with van der Waals surface area (Å²) in [5.41, 5.74) is 1.69. The van der Waals surface area contributed by atoms with Gasteiger partial charge >= 0.3 is 0 Å². The molecule has 1 heterocycles. The second-order valence-corrected chi connectivity index (χ2v) is 6.40. The van der Waals surface area contributed by atoms with Crippen molar-refractivity contribution in [3.63, 3.8) is 0 Å². The van der Waals surface area contributed by atoms with Crippen molar-refractivity contribution in [3.8, 4) is 17.2 Å². The first-order valence-corrected chi connectivity index (χ1v) is 9.04.